The summed E-state index contributed by atoms with van der Waals surface area (Å²) in [4.78, 5) is 13.0. The van der Waals surface area contributed by atoms with E-state index in [1.165, 1.54) is 13.0 Å². The third-order valence-corrected chi connectivity index (χ3v) is 3.51. The molecule has 0 radical (unpaired) electrons. The molecular formula is C14H20FN3O. The lowest BCUT2D eigenvalue weighted by Crippen LogP contribution is -2.44. The zero-order chi connectivity index (χ0) is 13.8. The molecule has 1 saturated heterocycles. The van der Waals surface area contributed by atoms with Gasteiger partial charge >= 0.3 is 0 Å². The first-order valence-corrected chi connectivity index (χ1v) is 6.61. The first kappa shape index (κ1) is 13.8. The Balaban J connectivity index is 2.07. The van der Waals surface area contributed by atoms with E-state index in [-0.39, 0.29) is 17.8 Å². The number of benzene rings is 1. The maximum atomic E-state index is 14.0. The molecular weight excluding hydrogens is 245 g/mol. The van der Waals surface area contributed by atoms with Crippen LogP contribution < -0.4 is 16.0 Å². The Morgan fingerprint density at radius 2 is 2.16 bits per heavy atom. The van der Waals surface area contributed by atoms with E-state index < -0.39 is 0 Å². The Labute approximate surface area is 112 Å². The first-order chi connectivity index (χ1) is 9.11. The molecule has 4 nitrogen and oxygen atoms in total. The van der Waals surface area contributed by atoms with E-state index in [9.17, 15) is 9.18 Å². The van der Waals surface area contributed by atoms with Crippen molar-refractivity contribution in [3.8, 4) is 0 Å². The molecule has 0 atom stereocenters. The number of hydrogen-bond acceptors (Lipinski definition) is 3. The van der Waals surface area contributed by atoms with E-state index in [0.29, 0.717) is 12.2 Å². The fourth-order valence-electron chi connectivity index (χ4n) is 2.61. The molecule has 2 rings (SSSR count). The molecule has 1 aliphatic heterocycles. The highest BCUT2D eigenvalue weighted by atomic mass is 19.1. The molecule has 1 aliphatic rings. The van der Waals surface area contributed by atoms with E-state index in [1.54, 1.807) is 6.07 Å². The van der Waals surface area contributed by atoms with Crippen molar-refractivity contribution in [3.05, 3.63) is 29.6 Å². The van der Waals surface area contributed by atoms with Gasteiger partial charge in [0, 0.05) is 32.6 Å². The Morgan fingerprint density at radius 1 is 1.47 bits per heavy atom. The zero-order valence-electron chi connectivity index (χ0n) is 11.2. The summed E-state index contributed by atoms with van der Waals surface area (Å²) in [7, 11) is 0. The predicted molar refractivity (Wildman–Crippen MR) is 73.3 cm³/mol. The van der Waals surface area contributed by atoms with Gasteiger partial charge in [-0.1, -0.05) is 12.1 Å². The van der Waals surface area contributed by atoms with Gasteiger partial charge in [0.15, 0.2) is 0 Å². The molecule has 3 N–H and O–H groups in total. The van der Waals surface area contributed by atoms with Crippen molar-refractivity contribution in [2.45, 2.75) is 32.4 Å². The molecule has 104 valence electrons. The lowest BCUT2D eigenvalue weighted by atomic mass is 10.0. The van der Waals surface area contributed by atoms with Crippen LogP contribution in [0.2, 0.25) is 0 Å². The van der Waals surface area contributed by atoms with Crippen LogP contribution in [0.15, 0.2) is 18.2 Å². The predicted octanol–water partition coefficient (Wildman–Crippen LogP) is 1.39. The smallest absolute Gasteiger partial charge is 0.217 e. The van der Waals surface area contributed by atoms with E-state index in [2.05, 4.69) is 5.32 Å². The summed E-state index contributed by atoms with van der Waals surface area (Å²) >= 11 is 0. The van der Waals surface area contributed by atoms with Gasteiger partial charge in [0.05, 0.1) is 5.69 Å². The third-order valence-electron chi connectivity index (χ3n) is 3.51. The van der Waals surface area contributed by atoms with Gasteiger partial charge in [-0.2, -0.15) is 0 Å². The second-order valence-corrected chi connectivity index (χ2v) is 4.91. The van der Waals surface area contributed by atoms with Crippen molar-refractivity contribution in [1.82, 2.24) is 5.32 Å². The average molecular weight is 265 g/mol. The number of anilines is 1. The molecule has 0 spiro atoms. The topological polar surface area (TPSA) is 58.4 Å². The number of nitrogens with two attached hydrogens (primary N) is 1. The molecule has 5 heteroatoms. The normalized spacial score (nSPS) is 16.5. The van der Waals surface area contributed by atoms with E-state index in [1.807, 2.05) is 11.0 Å². The van der Waals surface area contributed by atoms with E-state index >= 15 is 0 Å². The number of piperidine rings is 1. The lowest BCUT2D eigenvalue weighted by Gasteiger charge is -2.35. The maximum absolute atomic E-state index is 14.0. The van der Waals surface area contributed by atoms with Crippen LogP contribution >= 0.6 is 0 Å². The molecule has 0 aromatic heterocycles. The quantitative estimate of drug-likeness (QED) is 0.868. The molecule has 0 aliphatic carbocycles. The van der Waals surface area contributed by atoms with Crippen molar-refractivity contribution in [2.75, 3.05) is 18.0 Å². The third kappa shape index (κ3) is 3.23. The Morgan fingerprint density at radius 3 is 2.74 bits per heavy atom. The van der Waals surface area contributed by atoms with Crippen LogP contribution in [0.1, 0.15) is 25.3 Å². The summed E-state index contributed by atoms with van der Waals surface area (Å²) in [5.74, 6) is -0.229. The van der Waals surface area contributed by atoms with Crippen molar-refractivity contribution in [3.63, 3.8) is 0 Å². The summed E-state index contributed by atoms with van der Waals surface area (Å²) in [6.45, 7) is 3.33. The minimum Gasteiger partial charge on any atom is -0.369 e. The molecule has 19 heavy (non-hydrogen) atoms. The number of amides is 1. The van der Waals surface area contributed by atoms with Gasteiger partial charge in [-0.15, -0.1) is 0 Å². The number of carbonyl (C=O) groups excluding carboxylic acids is 1. The molecule has 1 aromatic rings. The zero-order valence-corrected chi connectivity index (χ0v) is 11.2. The second kappa shape index (κ2) is 6.02. The Bertz CT molecular complexity index is 456. The van der Waals surface area contributed by atoms with Gasteiger partial charge in [-0.25, -0.2) is 4.39 Å². The van der Waals surface area contributed by atoms with Crippen LogP contribution in [-0.2, 0) is 11.3 Å². The van der Waals surface area contributed by atoms with Crippen LogP contribution in [0.4, 0.5) is 10.1 Å². The number of para-hydroxylation sites is 1. The van der Waals surface area contributed by atoms with E-state index in [4.69, 9.17) is 5.73 Å². The fourth-order valence-corrected chi connectivity index (χ4v) is 2.61. The summed E-state index contributed by atoms with van der Waals surface area (Å²) < 4.78 is 14.0. The van der Waals surface area contributed by atoms with E-state index in [0.717, 1.165) is 31.5 Å². The number of rotatable bonds is 3. The summed E-state index contributed by atoms with van der Waals surface area (Å²) in [5, 5.41) is 2.91. The fraction of sp³-hybridized carbons (Fsp3) is 0.500. The first-order valence-electron chi connectivity index (χ1n) is 6.61. The van der Waals surface area contributed by atoms with Gasteiger partial charge < -0.3 is 16.0 Å². The van der Waals surface area contributed by atoms with Crippen LogP contribution in [0.5, 0.6) is 0 Å². The minimum absolute atomic E-state index is 0.00742. The lowest BCUT2D eigenvalue weighted by molar-refractivity contribution is -0.119. The number of hydrogen-bond donors (Lipinski definition) is 2. The average Bonchev–Trinajstić information content (AvgIpc) is 2.39. The molecule has 1 amide bonds. The van der Waals surface area contributed by atoms with Crippen molar-refractivity contribution in [1.29, 1.82) is 0 Å². The van der Waals surface area contributed by atoms with Gasteiger partial charge in [-0.3, -0.25) is 4.79 Å². The van der Waals surface area contributed by atoms with Crippen molar-refractivity contribution < 1.29 is 9.18 Å². The van der Waals surface area contributed by atoms with Crippen LogP contribution in [0.3, 0.4) is 0 Å². The maximum Gasteiger partial charge on any atom is 0.217 e. The standard InChI is InChI=1S/C14H20FN3O/c1-10(19)17-12-5-7-18(8-6-12)14-11(9-16)3-2-4-13(14)15/h2-4,12H,5-9,16H2,1H3,(H,17,19). The number of nitrogens with one attached hydrogen (secondary N) is 1. The van der Waals surface area contributed by atoms with Gasteiger partial charge in [0.2, 0.25) is 5.91 Å². The molecule has 0 saturated carbocycles. The van der Waals surface area contributed by atoms with Crippen LogP contribution in [-0.4, -0.2) is 25.0 Å². The number of halogens is 1. The van der Waals surface area contributed by atoms with Gasteiger partial charge in [0.1, 0.15) is 5.82 Å². The monoisotopic (exact) mass is 265 g/mol. The highest BCUT2D eigenvalue weighted by molar-refractivity contribution is 5.73. The summed E-state index contributed by atoms with van der Waals surface area (Å²) in [6.07, 6.45) is 1.66. The summed E-state index contributed by atoms with van der Waals surface area (Å²) in [6, 6.07) is 5.21. The minimum atomic E-state index is -0.221. The Hall–Kier alpha value is -1.62. The molecule has 0 bridgehead atoms. The summed E-state index contributed by atoms with van der Waals surface area (Å²) in [5.41, 5.74) is 7.12. The molecule has 1 fully saturated rings. The van der Waals surface area contributed by atoms with Gasteiger partial charge in [-0.05, 0) is 24.5 Å². The highest BCUT2D eigenvalue weighted by Crippen LogP contribution is 2.27. The molecule has 1 aromatic carbocycles. The number of nitrogens with zero attached hydrogens (tertiary/aromatic N) is 1. The highest BCUT2D eigenvalue weighted by Gasteiger charge is 2.23. The van der Waals surface area contributed by atoms with Crippen molar-refractivity contribution >= 4 is 11.6 Å². The molecule has 1 heterocycles. The SMILES string of the molecule is CC(=O)NC1CCN(c2c(F)cccc2CN)CC1. The number of carbonyl (C=O) groups is 1. The van der Waals surface area contributed by atoms with Crippen molar-refractivity contribution in [2.24, 2.45) is 5.73 Å². The molecule has 0 unspecified atom stereocenters. The van der Waals surface area contributed by atoms with Gasteiger partial charge in [0.25, 0.3) is 0 Å². The largest absolute Gasteiger partial charge is 0.369 e. The second-order valence-electron chi connectivity index (χ2n) is 4.91. The van der Waals surface area contributed by atoms with Crippen LogP contribution in [0, 0.1) is 5.82 Å². The Kier molecular flexibility index (Phi) is 4.37. The van der Waals surface area contributed by atoms with Crippen LogP contribution in [0.25, 0.3) is 0 Å².